The number of benzene rings is 3. The van der Waals surface area contributed by atoms with Crippen LogP contribution in [-0.4, -0.2) is 36.1 Å². The van der Waals surface area contributed by atoms with E-state index >= 15 is 0 Å². The Bertz CT molecular complexity index is 1170. The highest BCUT2D eigenvalue weighted by molar-refractivity contribution is 7.97. The summed E-state index contributed by atoms with van der Waals surface area (Å²) >= 11 is 1.41. The van der Waals surface area contributed by atoms with Crippen LogP contribution in [0.3, 0.4) is 0 Å². The van der Waals surface area contributed by atoms with E-state index in [1.54, 1.807) is 18.2 Å². The smallest absolute Gasteiger partial charge is 0.335 e. The number of piperidine rings is 1. The third kappa shape index (κ3) is 5.78. The van der Waals surface area contributed by atoms with Crippen LogP contribution in [0.2, 0.25) is 0 Å². The van der Waals surface area contributed by atoms with Gasteiger partial charge in [0.1, 0.15) is 5.75 Å². The Morgan fingerprint density at radius 2 is 1.91 bits per heavy atom. The molecular weight excluding hydrogens is 432 g/mol. The standard InChI is InChI=1S/C26H28N4O2S/c1-19-10-12-29(13-11-19)26(31)30(18-21-5-3-4-20(14-21)17-27)28-33-25-9-7-22-15-24(32-2)8-6-23(22)16-25/h3-9,14-16,19,28H,10-13,18H2,1-2H3. The molecule has 33 heavy (non-hydrogen) atoms. The minimum absolute atomic E-state index is 0.0395. The lowest BCUT2D eigenvalue weighted by atomic mass is 10.00. The fourth-order valence-corrected chi connectivity index (χ4v) is 4.61. The van der Waals surface area contributed by atoms with Gasteiger partial charge in [0.15, 0.2) is 0 Å². The number of hydrogen-bond acceptors (Lipinski definition) is 5. The highest BCUT2D eigenvalue weighted by atomic mass is 32.2. The summed E-state index contributed by atoms with van der Waals surface area (Å²) in [6.45, 7) is 4.13. The van der Waals surface area contributed by atoms with Gasteiger partial charge in [0.2, 0.25) is 0 Å². The Morgan fingerprint density at radius 3 is 2.67 bits per heavy atom. The van der Waals surface area contributed by atoms with Gasteiger partial charge in [0.05, 0.1) is 25.3 Å². The molecule has 0 atom stereocenters. The Balaban J connectivity index is 1.51. The highest BCUT2D eigenvalue weighted by Gasteiger charge is 2.25. The fourth-order valence-electron chi connectivity index (χ4n) is 3.93. The van der Waals surface area contributed by atoms with E-state index in [9.17, 15) is 10.1 Å². The molecule has 0 radical (unpaired) electrons. The second-order valence-corrected chi connectivity index (χ2v) is 9.28. The first-order valence-corrected chi connectivity index (χ1v) is 11.9. The van der Waals surface area contributed by atoms with Crippen molar-refractivity contribution < 1.29 is 9.53 Å². The zero-order valence-corrected chi connectivity index (χ0v) is 19.8. The van der Waals surface area contributed by atoms with E-state index in [4.69, 9.17) is 4.74 Å². The summed E-state index contributed by atoms with van der Waals surface area (Å²) in [6, 6.07) is 21.7. The third-order valence-corrected chi connectivity index (χ3v) is 6.78. The van der Waals surface area contributed by atoms with Crippen LogP contribution < -0.4 is 9.57 Å². The molecule has 0 spiro atoms. The summed E-state index contributed by atoms with van der Waals surface area (Å²) in [4.78, 5) is 19.5. The van der Waals surface area contributed by atoms with Gasteiger partial charge in [-0.25, -0.2) is 9.80 Å². The van der Waals surface area contributed by atoms with Crippen LogP contribution in [0, 0.1) is 17.2 Å². The molecule has 0 saturated carbocycles. The van der Waals surface area contributed by atoms with Crippen molar-refractivity contribution in [2.45, 2.75) is 31.2 Å². The van der Waals surface area contributed by atoms with Crippen LogP contribution in [0.1, 0.15) is 30.9 Å². The lowest BCUT2D eigenvalue weighted by molar-refractivity contribution is 0.126. The van der Waals surface area contributed by atoms with Crippen molar-refractivity contribution in [3.05, 3.63) is 71.8 Å². The molecule has 0 aliphatic carbocycles. The number of fused-ring (bicyclic) bond motifs is 1. The average Bonchev–Trinajstić information content (AvgIpc) is 2.86. The molecule has 4 rings (SSSR count). The highest BCUT2D eigenvalue weighted by Crippen LogP contribution is 2.26. The van der Waals surface area contributed by atoms with Gasteiger partial charge in [-0.1, -0.05) is 31.2 Å². The molecule has 1 aliphatic heterocycles. The number of carbonyl (C=O) groups is 1. The fraction of sp³-hybridized carbons (Fsp3) is 0.308. The first kappa shape index (κ1) is 23.0. The second kappa shape index (κ2) is 10.6. The van der Waals surface area contributed by atoms with Crippen molar-refractivity contribution in [2.24, 2.45) is 5.92 Å². The first-order valence-electron chi connectivity index (χ1n) is 11.1. The number of hydrogen-bond donors (Lipinski definition) is 1. The molecule has 7 heteroatoms. The van der Waals surface area contributed by atoms with Crippen molar-refractivity contribution in [1.82, 2.24) is 14.7 Å². The lowest BCUT2D eigenvalue weighted by Gasteiger charge is -2.34. The van der Waals surface area contributed by atoms with Gasteiger partial charge in [0.25, 0.3) is 0 Å². The Kier molecular flexibility index (Phi) is 7.38. The molecule has 0 aromatic heterocycles. The normalized spacial score (nSPS) is 14.2. The third-order valence-electron chi connectivity index (χ3n) is 5.97. The molecular formula is C26H28N4O2S. The van der Waals surface area contributed by atoms with Crippen LogP contribution >= 0.6 is 11.9 Å². The molecule has 2 amide bonds. The van der Waals surface area contributed by atoms with Gasteiger partial charge in [-0.15, -0.1) is 0 Å². The molecule has 1 N–H and O–H groups in total. The number of likely N-dealkylation sites (tertiary alicyclic amines) is 1. The van der Waals surface area contributed by atoms with Crippen molar-refractivity contribution in [2.75, 3.05) is 20.2 Å². The predicted octanol–water partition coefficient (Wildman–Crippen LogP) is 5.59. The molecule has 1 aliphatic rings. The first-order chi connectivity index (χ1) is 16.1. The molecule has 0 unspecified atom stereocenters. The number of nitrogens with one attached hydrogen (secondary N) is 1. The number of carbonyl (C=O) groups excluding carboxylic acids is 1. The molecule has 3 aromatic rings. The van der Waals surface area contributed by atoms with E-state index in [1.807, 2.05) is 47.4 Å². The van der Waals surface area contributed by atoms with E-state index in [1.165, 1.54) is 11.9 Å². The Morgan fingerprint density at radius 1 is 1.15 bits per heavy atom. The van der Waals surface area contributed by atoms with Crippen LogP contribution in [0.5, 0.6) is 5.75 Å². The second-order valence-electron chi connectivity index (χ2n) is 8.42. The van der Waals surface area contributed by atoms with Crippen molar-refractivity contribution >= 4 is 28.8 Å². The zero-order valence-electron chi connectivity index (χ0n) is 19.0. The van der Waals surface area contributed by atoms with E-state index in [2.05, 4.69) is 30.0 Å². The maximum atomic E-state index is 13.4. The summed E-state index contributed by atoms with van der Waals surface area (Å²) in [5.74, 6) is 1.47. The number of ether oxygens (including phenoxy) is 1. The quantitative estimate of drug-likeness (QED) is 0.384. The van der Waals surface area contributed by atoms with Gasteiger partial charge in [-0.3, -0.25) is 0 Å². The minimum Gasteiger partial charge on any atom is -0.497 e. The molecule has 0 bridgehead atoms. The number of nitrogens with zero attached hydrogens (tertiary/aromatic N) is 3. The van der Waals surface area contributed by atoms with E-state index in [-0.39, 0.29) is 6.03 Å². The van der Waals surface area contributed by atoms with Crippen molar-refractivity contribution in [3.8, 4) is 11.8 Å². The number of hydrazine groups is 1. The maximum absolute atomic E-state index is 13.4. The van der Waals surface area contributed by atoms with Gasteiger partial charge in [0, 0.05) is 18.0 Å². The summed E-state index contributed by atoms with van der Waals surface area (Å²) < 4.78 is 5.31. The topological polar surface area (TPSA) is 68.6 Å². The predicted molar refractivity (Wildman–Crippen MR) is 132 cm³/mol. The number of amides is 2. The average molecular weight is 461 g/mol. The van der Waals surface area contributed by atoms with E-state index in [0.29, 0.717) is 18.0 Å². The molecule has 1 saturated heterocycles. The summed E-state index contributed by atoms with van der Waals surface area (Å²) in [5, 5.41) is 13.1. The van der Waals surface area contributed by atoms with Gasteiger partial charge < -0.3 is 9.64 Å². The van der Waals surface area contributed by atoms with Crippen LogP contribution in [0.15, 0.2) is 65.6 Å². The zero-order chi connectivity index (χ0) is 23.2. The monoisotopic (exact) mass is 460 g/mol. The molecule has 1 heterocycles. The van der Waals surface area contributed by atoms with Crippen LogP contribution in [-0.2, 0) is 6.54 Å². The van der Waals surface area contributed by atoms with Crippen molar-refractivity contribution in [1.29, 1.82) is 5.26 Å². The number of nitriles is 1. The van der Waals surface area contributed by atoms with E-state index < -0.39 is 0 Å². The molecule has 1 fully saturated rings. The Hall–Kier alpha value is -3.21. The van der Waals surface area contributed by atoms with Crippen LogP contribution in [0.25, 0.3) is 10.8 Å². The van der Waals surface area contributed by atoms with Crippen LogP contribution in [0.4, 0.5) is 4.79 Å². The number of urea groups is 1. The minimum atomic E-state index is -0.0395. The van der Waals surface area contributed by atoms with Gasteiger partial charge >= 0.3 is 6.03 Å². The van der Waals surface area contributed by atoms with E-state index in [0.717, 1.165) is 52.9 Å². The molecule has 6 nitrogen and oxygen atoms in total. The molecule has 170 valence electrons. The van der Waals surface area contributed by atoms with Crippen molar-refractivity contribution in [3.63, 3.8) is 0 Å². The lowest BCUT2D eigenvalue weighted by Crippen LogP contribution is -2.49. The van der Waals surface area contributed by atoms with Gasteiger partial charge in [-0.05, 0) is 83.4 Å². The summed E-state index contributed by atoms with van der Waals surface area (Å²) in [7, 11) is 1.66. The number of methoxy groups -OCH3 is 1. The Labute approximate surface area is 199 Å². The largest absolute Gasteiger partial charge is 0.497 e. The number of rotatable bonds is 6. The molecule has 3 aromatic carbocycles. The van der Waals surface area contributed by atoms with Gasteiger partial charge in [-0.2, -0.15) is 10.1 Å². The SMILES string of the molecule is COc1ccc2cc(SNN(Cc3cccc(C#N)c3)C(=O)N3CCC(C)CC3)ccc2c1. The maximum Gasteiger partial charge on any atom is 0.335 e. The summed E-state index contributed by atoms with van der Waals surface area (Å²) in [5.41, 5.74) is 1.50. The summed E-state index contributed by atoms with van der Waals surface area (Å²) in [6.07, 6.45) is 2.04.